The minimum absolute atomic E-state index is 0.0509. The van der Waals surface area contributed by atoms with Gasteiger partial charge >= 0.3 is 5.91 Å². The molecule has 2 aromatic carbocycles. The zero-order valence-corrected chi connectivity index (χ0v) is 13.9. The quantitative estimate of drug-likeness (QED) is 0.841. The highest BCUT2D eigenvalue weighted by Crippen LogP contribution is 2.39. The fourth-order valence-corrected chi connectivity index (χ4v) is 2.88. The molecule has 2 amide bonds. The standard InChI is InChI=1S/C17H11Cl2NO4/c1-24-12-8-3-2-5-9(12)13-15(21)17(23)20(16(13)22)11-7-4-6-10(18)14(11)19/h2-8,21H,1H3. The molecular formula is C17H11Cl2NO4. The number of methoxy groups -OCH3 is 1. The molecule has 0 unspecified atom stereocenters. The number of nitrogens with zero attached hydrogens (tertiary/aromatic N) is 1. The van der Waals surface area contributed by atoms with Gasteiger partial charge in [-0.1, -0.05) is 47.5 Å². The Bertz CT molecular complexity index is 892. The van der Waals surface area contributed by atoms with Crippen LogP contribution in [0.15, 0.2) is 48.2 Å². The van der Waals surface area contributed by atoms with E-state index in [1.165, 1.54) is 19.2 Å². The molecule has 0 saturated carbocycles. The molecule has 0 aliphatic carbocycles. The average molecular weight is 364 g/mol. The maximum absolute atomic E-state index is 12.8. The zero-order valence-electron chi connectivity index (χ0n) is 12.4. The van der Waals surface area contributed by atoms with Crippen molar-refractivity contribution in [3.05, 3.63) is 63.8 Å². The van der Waals surface area contributed by atoms with Crippen molar-refractivity contribution in [1.29, 1.82) is 0 Å². The molecule has 5 nitrogen and oxygen atoms in total. The molecule has 3 rings (SSSR count). The van der Waals surface area contributed by atoms with Gasteiger partial charge in [0.25, 0.3) is 5.91 Å². The van der Waals surface area contributed by atoms with E-state index < -0.39 is 17.6 Å². The summed E-state index contributed by atoms with van der Waals surface area (Å²) in [6, 6.07) is 11.2. The van der Waals surface area contributed by atoms with Crippen molar-refractivity contribution in [1.82, 2.24) is 0 Å². The molecule has 0 spiro atoms. The minimum Gasteiger partial charge on any atom is -0.502 e. The highest BCUT2D eigenvalue weighted by Gasteiger charge is 2.42. The summed E-state index contributed by atoms with van der Waals surface area (Å²) in [5.41, 5.74) is 0.278. The van der Waals surface area contributed by atoms with Crippen molar-refractivity contribution in [3.63, 3.8) is 0 Å². The van der Waals surface area contributed by atoms with Crippen LogP contribution in [0.2, 0.25) is 10.0 Å². The highest BCUT2D eigenvalue weighted by atomic mass is 35.5. The van der Waals surface area contributed by atoms with Crippen LogP contribution >= 0.6 is 23.2 Å². The van der Waals surface area contributed by atoms with E-state index >= 15 is 0 Å². The van der Waals surface area contributed by atoms with Crippen molar-refractivity contribution in [3.8, 4) is 5.75 Å². The van der Waals surface area contributed by atoms with E-state index in [4.69, 9.17) is 27.9 Å². The van der Waals surface area contributed by atoms with Crippen LogP contribution in [-0.4, -0.2) is 24.0 Å². The Morgan fingerprint density at radius 2 is 1.71 bits per heavy atom. The summed E-state index contributed by atoms with van der Waals surface area (Å²) in [4.78, 5) is 26.0. The fourth-order valence-electron chi connectivity index (χ4n) is 2.50. The third-order valence-corrected chi connectivity index (χ3v) is 4.42. The molecule has 2 aromatic rings. The summed E-state index contributed by atoms with van der Waals surface area (Å²) in [6.45, 7) is 0. The summed E-state index contributed by atoms with van der Waals surface area (Å²) in [7, 11) is 1.43. The SMILES string of the molecule is COc1ccccc1C1=C(O)C(=O)N(c2cccc(Cl)c2Cl)C1=O. The van der Waals surface area contributed by atoms with Gasteiger partial charge in [-0.05, 0) is 18.2 Å². The fraction of sp³-hybridized carbons (Fsp3) is 0.0588. The number of ether oxygens (including phenoxy) is 1. The normalized spacial score (nSPS) is 14.5. The number of aliphatic hydroxyl groups excluding tert-OH is 1. The molecule has 1 aliphatic rings. The Morgan fingerprint density at radius 1 is 1.00 bits per heavy atom. The van der Waals surface area contributed by atoms with Gasteiger partial charge in [-0.3, -0.25) is 9.59 Å². The summed E-state index contributed by atoms with van der Waals surface area (Å²) >= 11 is 12.0. The maximum Gasteiger partial charge on any atom is 0.301 e. The Morgan fingerprint density at radius 3 is 2.42 bits per heavy atom. The number of hydrogen-bond acceptors (Lipinski definition) is 4. The van der Waals surface area contributed by atoms with E-state index in [0.717, 1.165) is 4.90 Å². The van der Waals surface area contributed by atoms with Gasteiger partial charge in [0.05, 0.1) is 28.4 Å². The lowest BCUT2D eigenvalue weighted by atomic mass is 10.0. The van der Waals surface area contributed by atoms with Crippen molar-refractivity contribution in [2.75, 3.05) is 12.0 Å². The van der Waals surface area contributed by atoms with E-state index in [1.54, 1.807) is 30.3 Å². The predicted octanol–water partition coefficient (Wildman–Crippen LogP) is 3.84. The Hall–Kier alpha value is -2.50. The number of aliphatic hydroxyl groups is 1. The second kappa shape index (κ2) is 6.19. The molecule has 0 aromatic heterocycles. The summed E-state index contributed by atoms with van der Waals surface area (Å²) in [5, 5.41) is 10.5. The summed E-state index contributed by atoms with van der Waals surface area (Å²) in [6.07, 6.45) is 0. The molecule has 1 N–H and O–H groups in total. The van der Waals surface area contributed by atoms with Gasteiger partial charge in [0, 0.05) is 5.56 Å². The van der Waals surface area contributed by atoms with E-state index in [2.05, 4.69) is 0 Å². The van der Waals surface area contributed by atoms with Crippen LogP contribution in [-0.2, 0) is 9.59 Å². The largest absolute Gasteiger partial charge is 0.502 e. The second-order valence-electron chi connectivity index (χ2n) is 4.94. The number of rotatable bonds is 3. The molecule has 24 heavy (non-hydrogen) atoms. The number of benzene rings is 2. The molecule has 0 bridgehead atoms. The van der Waals surface area contributed by atoms with Gasteiger partial charge in [-0.25, -0.2) is 4.90 Å². The monoisotopic (exact) mass is 363 g/mol. The smallest absolute Gasteiger partial charge is 0.301 e. The van der Waals surface area contributed by atoms with E-state index in [0.29, 0.717) is 11.3 Å². The van der Waals surface area contributed by atoms with Crippen LogP contribution in [0.4, 0.5) is 5.69 Å². The van der Waals surface area contributed by atoms with Gasteiger partial charge < -0.3 is 9.84 Å². The first-order valence-corrected chi connectivity index (χ1v) is 7.62. The highest BCUT2D eigenvalue weighted by molar-refractivity contribution is 6.49. The van der Waals surface area contributed by atoms with E-state index in [9.17, 15) is 14.7 Å². The number of hydrogen-bond donors (Lipinski definition) is 1. The molecule has 7 heteroatoms. The number of imide groups is 1. The number of carbonyl (C=O) groups is 2. The maximum atomic E-state index is 12.8. The second-order valence-corrected chi connectivity index (χ2v) is 5.73. The van der Waals surface area contributed by atoms with E-state index in [-0.39, 0.29) is 21.3 Å². The van der Waals surface area contributed by atoms with Crippen molar-refractivity contribution in [2.24, 2.45) is 0 Å². The topological polar surface area (TPSA) is 66.8 Å². The number of amides is 2. The van der Waals surface area contributed by atoms with Gasteiger partial charge in [-0.15, -0.1) is 0 Å². The molecule has 0 fully saturated rings. The zero-order chi connectivity index (χ0) is 17.4. The molecule has 1 aliphatic heterocycles. The minimum atomic E-state index is -0.870. The van der Waals surface area contributed by atoms with Gasteiger partial charge in [0.1, 0.15) is 5.75 Å². The van der Waals surface area contributed by atoms with Gasteiger partial charge in [-0.2, -0.15) is 0 Å². The molecule has 1 heterocycles. The summed E-state index contributed by atoms with van der Waals surface area (Å²) in [5.74, 6) is -1.88. The molecule has 122 valence electrons. The van der Waals surface area contributed by atoms with Crippen LogP contribution in [0, 0.1) is 0 Å². The average Bonchev–Trinajstić information content (AvgIpc) is 2.80. The van der Waals surface area contributed by atoms with Gasteiger partial charge in [0.15, 0.2) is 5.76 Å². The predicted molar refractivity (Wildman–Crippen MR) is 91.5 cm³/mol. The van der Waals surface area contributed by atoms with Crippen molar-refractivity contribution >= 4 is 46.3 Å². The van der Waals surface area contributed by atoms with Crippen LogP contribution in [0.5, 0.6) is 5.75 Å². The van der Waals surface area contributed by atoms with Crippen LogP contribution in [0.3, 0.4) is 0 Å². The number of para-hydroxylation sites is 1. The number of halogens is 2. The molecule has 0 saturated heterocycles. The lowest BCUT2D eigenvalue weighted by molar-refractivity contribution is -0.121. The Labute approximate surface area is 147 Å². The molecular weight excluding hydrogens is 353 g/mol. The molecule has 0 atom stereocenters. The third kappa shape index (κ3) is 2.42. The summed E-state index contributed by atoms with van der Waals surface area (Å²) < 4.78 is 5.20. The van der Waals surface area contributed by atoms with Crippen LogP contribution in [0.25, 0.3) is 5.57 Å². The first kappa shape index (κ1) is 16.4. The van der Waals surface area contributed by atoms with Gasteiger partial charge in [0.2, 0.25) is 0 Å². The van der Waals surface area contributed by atoms with Crippen LogP contribution < -0.4 is 9.64 Å². The first-order chi connectivity index (χ1) is 11.5. The van der Waals surface area contributed by atoms with Crippen LogP contribution in [0.1, 0.15) is 5.56 Å². The van der Waals surface area contributed by atoms with Crippen molar-refractivity contribution < 1.29 is 19.4 Å². The lowest BCUT2D eigenvalue weighted by Gasteiger charge is -2.17. The Kier molecular flexibility index (Phi) is 4.22. The number of carbonyl (C=O) groups excluding carboxylic acids is 2. The first-order valence-electron chi connectivity index (χ1n) is 6.86. The molecule has 0 radical (unpaired) electrons. The Balaban J connectivity index is 2.13. The third-order valence-electron chi connectivity index (χ3n) is 3.61. The van der Waals surface area contributed by atoms with Crippen molar-refractivity contribution in [2.45, 2.75) is 0 Å². The number of anilines is 1. The van der Waals surface area contributed by atoms with E-state index in [1.807, 2.05) is 0 Å². The lowest BCUT2D eigenvalue weighted by Crippen LogP contribution is -2.31.